The Balaban J connectivity index is 0.000000120. The van der Waals surface area contributed by atoms with Gasteiger partial charge in [-0.25, -0.2) is 24.0 Å². The molecular formula is C85H66O10S7. The summed E-state index contributed by atoms with van der Waals surface area (Å²) in [6.07, 6.45) is 13.0. The van der Waals surface area contributed by atoms with Crippen LogP contribution < -0.4 is 28.1 Å². The second-order valence-electron chi connectivity index (χ2n) is 23.1. The first-order valence-electron chi connectivity index (χ1n) is 32.2. The molecule has 10 nitrogen and oxygen atoms in total. The number of allylic oxidation sites excluding steroid dienone is 1. The zero-order valence-electron chi connectivity index (χ0n) is 56.5. The summed E-state index contributed by atoms with van der Waals surface area (Å²) in [5.74, 6) is 3.20. The molecule has 0 radical (unpaired) electrons. The first-order valence-corrected chi connectivity index (χ1v) is 40.9. The second kappa shape index (κ2) is 33.9. The predicted octanol–water partition coefficient (Wildman–Crippen LogP) is 22.9. The molecule has 508 valence electrons. The zero-order valence-corrected chi connectivity index (χ0v) is 62.2. The Labute approximate surface area is 619 Å². The van der Waals surface area contributed by atoms with Gasteiger partial charge in [0.15, 0.2) is 0 Å². The van der Waals surface area contributed by atoms with Gasteiger partial charge in [0.2, 0.25) is 0 Å². The maximum Gasteiger partial charge on any atom is 0.344 e. The molecule has 0 unspecified atom stereocenters. The highest BCUT2D eigenvalue weighted by atomic mass is 33.1. The van der Waals surface area contributed by atoms with Gasteiger partial charge in [-0.05, 0) is 151 Å². The van der Waals surface area contributed by atoms with Gasteiger partial charge in [0.25, 0.3) is 0 Å². The van der Waals surface area contributed by atoms with Crippen molar-refractivity contribution >= 4 is 84.0 Å². The van der Waals surface area contributed by atoms with Crippen molar-refractivity contribution in [3.05, 3.63) is 341 Å². The summed E-state index contributed by atoms with van der Waals surface area (Å²) in [5.41, 5.74) is 15.5. The van der Waals surface area contributed by atoms with E-state index in [1.807, 2.05) is 288 Å². The van der Waals surface area contributed by atoms with Gasteiger partial charge in [-0.15, -0.1) is 35.3 Å². The van der Waals surface area contributed by atoms with E-state index in [2.05, 4.69) is 18.2 Å². The first kappa shape index (κ1) is 72.2. The second-order valence-corrected chi connectivity index (χ2v) is 30.7. The van der Waals surface area contributed by atoms with Gasteiger partial charge < -0.3 is 22.1 Å². The summed E-state index contributed by atoms with van der Waals surface area (Å²) in [5, 5.41) is 0. The number of thioether (sulfide) groups is 3. The van der Waals surface area contributed by atoms with Crippen LogP contribution in [-0.2, 0) is 6.42 Å². The summed E-state index contributed by atoms with van der Waals surface area (Å²) in [7, 11) is 6.63. The van der Waals surface area contributed by atoms with Crippen LogP contribution in [0.3, 0.4) is 0 Å². The summed E-state index contributed by atoms with van der Waals surface area (Å²) in [6.45, 7) is 4.06. The summed E-state index contributed by atoms with van der Waals surface area (Å²) >= 11 is 4.89. The number of hydrogen-bond acceptors (Lipinski definition) is 17. The van der Waals surface area contributed by atoms with Crippen molar-refractivity contribution in [3.8, 4) is 101 Å². The smallest absolute Gasteiger partial charge is 0.344 e. The van der Waals surface area contributed by atoms with E-state index in [9.17, 15) is 24.0 Å². The van der Waals surface area contributed by atoms with E-state index in [1.54, 1.807) is 78.5 Å². The third-order valence-electron chi connectivity index (χ3n) is 16.7. The fourth-order valence-electron chi connectivity index (χ4n) is 11.8. The molecular weight excluding hydrogens is 1410 g/mol. The van der Waals surface area contributed by atoms with Crippen molar-refractivity contribution in [1.29, 1.82) is 0 Å². The van der Waals surface area contributed by atoms with Crippen LogP contribution in [0.2, 0.25) is 0 Å². The molecule has 16 rings (SSSR count). The highest BCUT2D eigenvalue weighted by molar-refractivity contribution is 8.76. The third kappa shape index (κ3) is 16.7. The number of benzene rings is 5. The summed E-state index contributed by atoms with van der Waals surface area (Å²) < 4.78 is 27.2. The van der Waals surface area contributed by atoms with Crippen LogP contribution in [0.1, 0.15) is 27.8 Å². The van der Waals surface area contributed by atoms with Gasteiger partial charge in [-0.2, -0.15) is 0 Å². The topological polar surface area (TPSA) is 151 Å². The third-order valence-corrected chi connectivity index (χ3v) is 22.2. The predicted molar refractivity (Wildman–Crippen MR) is 431 cm³/mol. The molecule has 102 heavy (non-hydrogen) atoms. The zero-order chi connectivity index (χ0) is 71.2. The minimum Gasteiger partial charge on any atom is -0.422 e. The van der Waals surface area contributed by atoms with E-state index in [4.69, 9.17) is 22.1 Å². The van der Waals surface area contributed by atoms with Crippen molar-refractivity contribution in [3.63, 3.8) is 0 Å². The lowest BCUT2D eigenvalue weighted by molar-refractivity contribution is 0.543. The molecule has 0 aromatic heterocycles. The standard InChI is InChI=1S/C19H14O2S.C17H14O2S2.C17H14O2S.C16H12O2S2.C16H12O2S/c1-22-13-6-4-8-16-17(11-13)21-19(20)18(16)15-10-9-12-5-2-3-7-14(12)15;1-11-6-8-12(9-7-11)16-14-5-3-4-13(21-20-2)10-15(14)19-17(16)18;1-11-6-8-12(9-7-11)16-14-5-3-4-13(20-2)10-15(14)19-17(16)18;1-19-20-12-8-5-9-13-14(10-12)18-16(17)15(13)11-6-3-2-4-7-11;1-19-12-8-5-9-13-14(10-12)18-16(17)15(13)11-6-3-2-4-7-11/h2-8,10-11H,9H2,1H3;3-10H,1-2H3;3-10H,1-2H3;2-10H,1H3;2-10H,1H3. The first-order chi connectivity index (χ1) is 49.7. The van der Waals surface area contributed by atoms with Crippen LogP contribution >= 0.6 is 78.5 Å². The number of fused-ring (bicyclic) bond motifs is 6. The quantitative estimate of drug-likeness (QED) is 0.0842. The maximum atomic E-state index is 12.4. The minimum atomic E-state index is -0.280. The van der Waals surface area contributed by atoms with Gasteiger partial charge in [0.1, 0.15) is 28.8 Å². The average molecular weight is 1470 g/mol. The molecule has 0 bridgehead atoms. The Kier molecular flexibility index (Phi) is 24.0. The number of aryl methyl sites for hydroxylation is 2. The summed E-state index contributed by atoms with van der Waals surface area (Å²) in [6, 6.07) is 82.6. The van der Waals surface area contributed by atoms with Crippen LogP contribution in [0.15, 0.2) is 331 Å². The molecule has 0 atom stereocenters. The number of furan rings is 5. The molecule has 0 amide bonds. The van der Waals surface area contributed by atoms with Crippen molar-refractivity contribution < 1.29 is 22.1 Å². The highest BCUT2D eigenvalue weighted by Crippen LogP contribution is 2.41. The Morgan fingerprint density at radius 2 is 0.549 bits per heavy atom. The molecule has 5 aliphatic heterocycles. The minimum absolute atomic E-state index is 0.254. The average Bonchev–Trinajstić information content (AvgIpc) is 1.64. The Hall–Kier alpha value is -9.56. The van der Waals surface area contributed by atoms with Gasteiger partial charge >= 0.3 is 28.1 Å². The van der Waals surface area contributed by atoms with E-state index in [1.165, 1.54) is 16.7 Å². The molecule has 0 saturated heterocycles. The fraction of sp³-hybridized carbons (Fsp3) is 0.0941. The Bertz CT molecular complexity index is 5570. The van der Waals surface area contributed by atoms with E-state index in [0.29, 0.717) is 56.6 Å². The van der Waals surface area contributed by atoms with Gasteiger partial charge in [-0.3, -0.25) is 0 Å². The molecule has 0 spiro atoms. The van der Waals surface area contributed by atoms with Crippen LogP contribution in [-0.4, -0.2) is 31.3 Å². The Morgan fingerprint density at radius 1 is 0.275 bits per heavy atom. The summed E-state index contributed by atoms with van der Waals surface area (Å²) in [4.78, 5) is 66.4. The maximum absolute atomic E-state index is 12.4. The highest BCUT2D eigenvalue weighted by Gasteiger charge is 2.27. The van der Waals surface area contributed by atoms with Gasteiger partial charge in [0.05, 0.1) is 27.8 Å². The van der Waals surface area contributed by atoms with Crippen LogP contribution in [0.4, 0.5) is 0 Å². The largest absolute Gasteiger partial charge is 0.422 e. The number of rotatable bonds is 12. The molecule has 5 aromatic carbocycles. The van der Waals surface area contributed by atoms with Crippen molar-refractivity contribution in [1.82, 2.24) is 0 Å². The lowest BCUT2D eigenvalue weighted by Crippen LogP contribution is -2.00. The number of hydrogen-bond donors (Lipinski definition) is 0. The monoisotopic (exact) mass is 1470 g/mol. The molecule has 11 aliphatic rings. The van der Waals surface area contributed by atoms with Crippen molar-refractivity contribution in [2.45, 2.75) is 44.7 Å². The van der Waals surface area contributed by atoms with E-state index in [0.717, 1.165) is 92.1 Å². The molecule has 0 fully saturated rings. The molecule has 5 heterocycles. The molecule has 17 heteroatoms. The molecule has 6 aliphatic carbocycles. The Morgan fingerprint density at radius 3 is 0.882 bits per heavy atom. The van der Waals surface area contributed by atoms with E-state index < -0.39 is 0 Å². The molecule has 5 aromatic rings. The van der Waals surface area contributed by atoms with Crippen LogP contribution in [0, 0.1) is 13.8 Å². The fourth-order valence-corrected chi connectivity index (χ4v) is 15.9. The molecule has 0 saturated carbocycles. The van der Waals surface area contributed by atoms with Crippen LogP contribution in [0.5, 0.6) is 0 Å². The van der Waals surface area contributed by atoms with E-state index in [-0.39, 0.29) is 28.1 Å². The van der Waals surface area contributed by atoms with Crippen LogP contribution in [0.25, 0.3) is 107 Å². The SMILES string of the molecule is CSSc1cccc2c(-c3ccc(C)cc3)c(=O)oc-2c1.CSSc1cccc2c(-c3ccccc3)c(=O)oc-2c1.CSc1cccc2c(-c3ccc(C)cc3)c(=O)oc-2c1.CSc1cccc2c(-c3ccccc3)c(=O)oc-2c1.CSc1cccc2c(C3=CCc4ccccc43)c(=O)oc-2c1. The van der Waals surface area contributed by atoms with Gasteiger partial charge in [-0.1, -0.05) is 255 Å². The lowest BCUT2D eigenvalue weighted by Gasteiger charge is -2.03. The van der Waals surface area contributed by atoms with Crippen molar-refractivity contribution in [2.75, 3.05) is 31.3 Å². The molecule has 0 N–H and O–H groups in total. The van der Waals surface area contributed by atoms with Crippen molar-refractivity contribution in [2.24, 2.45) is 0 Å². The van der Waals surface area contributed by atoms with E-state index >= 15 is 0 Å². The normalized spacial score (nSPS) is 11.4. The lowest BCUT2D eigenvalue weighted by atomic mass is 9.97. The van der Waals surface area contributed by atoms with Gasteiger partial charge in [0, 0.05) is 52.3 Å².